The van der Waals surface area contributed by atoms with Gasteiger partial charge in [-0.1, -0.05) is 6.92 Å². The SMILES string of the molecule is CCC(CO)(CO)CO.OCCO.OCCOCCO. The average Bonchev–Trinajstić information content (AvgIpc) is 2.52. The Hall–Kier alpha value is -0.320. The molecule has 0 bridgehead atoms. The van der Waals surface area contributed by atoms with Crippen LogP contribution in [0.25, 0.3) is 0 Å². The molecule has 0 fully saturated rings. The van der Waals surface area contributed by atoms with Gasteiger partial charge in [0.1, 0.15) is 0 Å². The number of aliphatic hydroxyl groups excluding tert-OH is 7. The van der Waals surface area contributed by atoms with Crippen LogP contribution in [-0.4, -0.2) is 95.2 Å². The van der Waals surface area contributed by atoms with Crippen molar-refractivity contribution >= 4 is 0 Å². The Balaban J connectivity index is -0.000000234. The highest BCUT2D eigenvalue weighted by molar-refractivity contribution is 4.74. The van der Waals surface area contributed by atoms with Crippen LogP contribution >= 0.6 is 0 Å². The summed E-state index contributed by atoms with van der Waals surface area (Å²) < 4.78 is 4.63. The van der Waals surface area contributed by atoms with Crippen LogP contribution in [0.5, 0.6) is 0 Å². The highest BCUT2D eigenvalue weighted by atomic mass is 16.5. The molecule has 0 aliphatic rings. The molecule has 0 aliphatic carbocycles. The molecule has 0 aromatic rings. The second-order valence-corrected chi connectivity index (χ2v) is 3.83. The molecule has 0 aromatic heterocycles. The topological polar surface area (TPSA) is 151 Å². The zero-order valence-electron chi connectivity index (χ0n) is 12.1. The van der Waals surface area contributed by atoms with Crippen LogP contribution < -0.4 is 0 Å². The molecule has 7 N–H and O–H groups in total. The molecule has 0 aliphatic heterocycles. The lowest BCUT2D eigenvalue weighted by atomic mass is 9.88. The third kappa shape index (κ3) is 17.7. The summed E-state index contributed by atoms with van der Waals surface area (Å²) in [6, 6.07) is 0. The Bertz CT molecular complexity index is 129. The predicted molar refractivity (Wildman–Crippen MR) is 73.1 cm³/mol. The largest absolute Gasteiger partial charge is 0.396 e. The minimum absolute atomic E-state index is 0.0278. The van der Waals surface area contributed by atoms with E-state index in [1.165, 1.54) is 0 Å². The molecule has 0 atom stereocenters. The maximum atomic E-state index is 8.66. The van der Waals surface area contributed by atoms with Gasteiger partial charge in [0.25, 0.3) is 0 Å². The molecule has 0 unspecified atom stereocenters. The molecule has 20 heavy (non-hydrogen) atoms. The Kier molecular flexibility index (Phi) is 25.9. The molecule has 0 saturated carbocycles. The van der Waals surface area contributed by atoms with Gasteiger partial charge in [-0.05, 0) is 6.42 Å². The van der Waals surface area contributed by atoms with Gasteiger partial charge in [-0.3, -0.25) is 0 Å². The summed E-state index contributed by atoms with van der Waals surface area (Å²) in [5.41, 5.74) is -0.667. The Morgan fingerprint density at radius 1 is 0.650 bits per heavy atom. The zero-order chi connectivity index (χ0) is 16.3. The van der Waals surface area contributed by atoms with Gasteiger partial charge in [-0.2, -0.15) is 0 Å². The van der Waals surface area contributed by atoms with E-state index < -0.39 is 5.41 Å². The summed E-state index contributed by atoms with van der Waals surface area (Å²) in [6.07, 6.45) is 0.594. The first kappa shape index (κ1) is 24.7. The van der Waals surface area contributed by atoms with Gasteiger partial charge in [-0.15, -0.1) is 0 Å². The van der Waals surface area contributed by atoms with Gasteiger partial charge >= 0.3 is 0 Å². The van der Waals surface area contributed by atoms with Gasteiger partial charge in [0.15, 0.2) is 0 Å². The molecule has 0 radical (unpaired) electrons. The van der Waals surface area contributed by atoms with E-state index in [2.05, 4.69) is 4.74 Å². The predicted octanol–water partition coefficient (Wildman–Crippen LogP) is -2.68. The third-order valence-corrected chi connectivity index (χ3v) is 2.33. The van der Waals surface area contributed by atoms with E-state index in [-0.39, 0.29) is 46.2 Å². The van der Waals surface area contributed by atoms with Crippen molar-refractivity contribution < 1.29 is 40.5 Å². The lowest BCUT2D eigenvalue weighted by molar-refractivity contribution is 0.00304. The normalized spacial score (nSPS) is 10.2. The first-order valence-corrected chi connectivity index (χ1v) is 6.41. The molecule has 0 heterocycles. The number of hydrogen-bond acceptors (Lipinski definition) is 8. The van der Waals surface area contributed by atoms with Crippen LogP contribution in [0.1, 0.15) is 13.3 Å². The van der Waals surface area contributed by atoms with E-state index in [1.54, 1.807) is 0 Å². The fourth-order valence-electron chi connectivity index (χ4n) is 0.717. The van der Waals surface area contributed by atoms with E-state index in [9.17, 15) is 0 Å². The van der Waals surface area contributed by atoms with Crippen LogP contribution in [0.15, 0.2) is 0 Å². The smallest absolute Gasteiger partial charge is 0.0698 e. The minimum Gasteiger partial charge on any atom is -0.396 e. The van der Waals surface area contributed by atoms with Crippen molar-refractivity contribution in [1.82, 2.24) is 0 Å². The first-order chi connectivity index (χ1) is 9.57. The lowest BCUT2D eigenvalue weighted by Crippen LogP contribution is -2.32. The van der Waals surface area contributed by atoms with E-state index in [0.29, 0.717) is 19.6 Å². The molecular formula is C12H30O8. The van der Waals surface area contributed by atoms with Crippen molar-refractivity contribution in [3.63, 3.8) is 0 Å². The van der Waals surface area contributed by atoms with Crippen LogP contribution in [0, 0.1) is 5.41 Å². The van der Waals surface area contributed by atoms with Crippen LogP contribution in [0.3, 0.4) is 0 Å². The monoisotopic (exact) mass is 302 g/mol. The number of ether oxygens (including phenoxy) is 1. The molecule has 8 heteroatoms. The summed E-state index contributed by atoms with van der Waals surface area (Å²) in [4.78, 5) is 0. The number of hydrogen-bond donors (Lipinski definition) is 7. The van der Waals surface area contributed by atoms with Gasteiger partial charge in [0.2, 0.25) is 0 Å². The Labute approximate surface area is 119 Å². The van der Waals surface area contributed by atoms with E-state index in [0.717, 1.165) is 0 Å². The molecule has 0 saturated heterocycles. The summed E-state index contributed by atoms with van der Waals surface area (Å²) >= 11 is 0. The molecular weight excluding hydrogens is 272 g/mol. The third-order valence-electron chi connectivity index (χ3n) is 2.33. The van der Waals surface area contributed by atoms with Gasteiger partial charge in [0.05, 0.1) is 59.5 Å². The van der Waals surface area contributed by atoms with E-state index in [4.69, 9.17) is 35.7 Å². The fourth-order valence-corrected chi connectivity index (χ4v) is 0.717. The maximum Gasteiger partial charge on any atom is 0.0698 e. The Morgan fingerprint density at radius 3 is 1.10 bits per heavy atom. The standard InChI is InChI=1S/C6H14O3.C4H10O3.C2H6O2/c1-2-6(3-7,4-8)5-9;5-1-3-7-4-2-6;3-1-2-4/h7-9H,2-5H2,1H3;5-6H,1-4H2;3-4H,1-2H2. The van der Waals surface area contributed by atoms with Crippen LogP contribution in [-0.2, 0) is 4.74 Å². The van der Waals surface area contributed by atoms with Crippen molar-refractivity contribution in [1.29, 1.82) is 0 Å². The summed E-state index contributed by atoms with van der Waals surface area (Å²) in [7, 11) is 0. The summed E-state index contributed by atoms with van der Waals surface area (Å²) in [6.45, 7) is 1.80. The molecule has 8 nitrogen and oxygen atoms in total. The number of rotatable bonds is 9. The first-order valence-electron chi connectivity index (χ1n) is 6.41. The van der Waals surface area contributed by atoms with Crippen LogP contribution in [0.2, 0.25) is 0 Å². The fraction of sp³-hybridized carbons (Fsp3) is 1.00. The maximum absolute atomic E-state index is 8.66. The molecule has 0 spiro atoms. The van der Waals surface area contributed by atoms with Crippen molar-refractivity contribution in [2.45, 2.75) is 13.3 Å². The summed E-state index contributed by atoms with van der Waals surface area (Å²) in [5.74, 6) is 0. The highest BCUT2D eigenvalue weighted by Gasteiger charge is 2.24. The minimum atomic E-state index is -0.667. The van der Waals surface area contributed by atoms with E-state index >= 15 is 0 Å². The molecule has 0 rings (SSSR count). The van der Waals surface area contributed by atoms with Crippen LogP contribution in [0.4, 0.5) is 0 Å². The van der Waals surface area contributed by atoms with Gasteiger partial charge in [0, 0.05) is 5.41 Å². The second-order valence-electron chi connectivity index (χ2n) is 3.83. The average molecular weight is 302 g/mol. The van der Waals surface area contributed by atoms with Gasteiger partial charge in [-0.25, -0.2) is 0 Å². The highest BCUT2D eigenvalue weighted by Crippen LogP contribution is 2.18. The zero-order valence-corrected chi connectivity index (χ0v) is 12.1. The Morgan fingerprint density at radius 2 is 1.00 bits per heavy atom. The summed E-state index contributed by atoms with van der Waals surface area (Å²) in [5, 5.41) is 57.4. The lowest BCUT2D eigenvalue weighted by Gasteiger charge is -2.24. The van der Waals surface area contributed by atoms with Crippen molar-refractivity contribution in [3.8, 4) is 0 Å². The molecule has 0 aromatic carbocycles. The molecule has 0 amide bonds. The van der Waals surface area contributed by atoms with Gasteiger partial charge < -0.3 is 40.5 Å². The van der Waals surface area contributed by atoms with Crippen molar-refractivity contribution in [2.75, 3.05) is 59.5 Å². The number of aliphatic hydroxyl groups is 7. The van der Waals surface area contributed by atoms with Crippen molar-refractivity contribution in [3.05, 3.63) is 0 Å². The second kappa shape index (κ2) is 21.0. The van der Waals surface area contributed by atoms with E-state index in [1.807, 2.05) is 6.92 Å². The molecule has 126 valence electrons. The van der Waals surface area contributed by atoms with Crippen molar-refractivity contribution in [2.24, 2.45) is 5.41 Å². The quantitative estimate of drug-likeness (QED) is 0.228.